The number of nitrogens with one attached hydrogen (secondary N) is 1. The van der Waals surface area contributed by atoms with E-state index in [1.807, 2.05) is 43.5 Å². The number of hydrogen-bond acceptors (Lipinski definition) is 7. The number of carbonyl (C=O) groups is 1. The minimum absolute atomic E-state index is 0.0635. The number of nitriles is 1. The van der Waals surface area contributed by atoms with E-state index in [1.54, 1.807) is 13.0 Å². The summed E-state index contributed by atoms with van der Waals surface area (Å²) >= 11 is 1.45. The summed E-state index contributed by atoms with van der Waals surface area (Å²) in [6.07, 6.45) is 3.08. The van der Waals surface area contributed by atoms with Gasteiger partial charge in [0.2, 0.25) is 0 Å². The van der Waals surface area contributed by atoms with E-state index < -0.39 is 17.8 Å². The molecule has 1 aliphatic rings. The summed E-state index contributed by atoms with van der Waals surface area (Å²) in [7, 11) is 3.97. The summed E-state index contributed by atoms with van der Waals surface area (Å²) in [4.78, 5) is 20.8. The van der Waals surface area contributed by atoms with Gasteiger partial charge < -0.3 is 20.2 Å². The molecule has 0 bridgehead atoms. The van der Waals surface area contributed by atoms with Gasteiger partial charge in [-0.25, -0.2) is 13.8 Å². The number of aromatic nitrogens is 1. The van der Waals surface area contributed by atoms with Crippen LogP contribution in [0.3, 0.4) is 0 Å². The first-order valence-corrected chi connectivity index (χ1v) is 12.6. The summed E-state index contributed by atoms with van der Waals surface area (Å²) in [6.45, 7) is 3.74. The Kier molecular flexibility index (Phi) is 8.23. The number of halogens is 2. The fourth-order valence-electron chi connectivity index (χ4n) is 4.16. The lowest BCUT2D eigenvalue weighted by Gasteiger charge is -2.24. The van der Waals surface area contributed by atoms with Crippen LogP contribution in [0, 0.1) is 17.2 Å². The fourth-order valence-corrected chi connectivity index (χ4v) is 4.70. The third kappa shape index (κ3) is 6.21. The Morgan fingerprint density at radius 3 is 2.69 bits per heavy atom. The smallest absolute Gasteiger partial charge is 0.306 e. The van der Waals surface area contributed by atoms with Crippen molar-refractivity contribution in [2.24, 2.45) is 5.92 Å². The molecular formula is C25H31F2N5O2S. The number of carboxylic acid groups (broad SMARTS) is 1. The second kappa shape index (κ2) is 10.8. The van der Waals surface area contributed by atoms with Gasteiger partial charge in [0.05, 0.1) is 11.6 Å². The van der Waals surface area contributed by atoms with Crippen LogP contribution in [0.15, 0.2) is 29.2 Å². The van der Waals surface area contributed by atoms with E-state index in [0.29, 0.717) is 31.0 Å². The van der Waals surface area contributed by atoms with Crippen LogP contribution in [0.1, 0.15) is 37.0 Å². The lowest BCUT2D eigenvalue weighted by atomic mass is 10.0. The molecule has 2 aromatic rings. The first-order chi connectivity index (χ1) is 16.4. The van der Waals surface area contributed by atoms with Crippen molar-refractivity contribution in [2.45, 2.75) is 43.5 Å². The molecule has 2 N–H and O–H groups in total. The van der Waals surface area contributed by atoms with Crippen LogP contribution in [0.5, 0.6) is 0 Å². The number of likely N-dealkylation sites (N-methyl/N-ethyl adjacent to an activating group) is 1. The first kappa shape index (κ1) is 26.7. The standard InChI is InChI=1S/C25H31F2N5O2S/c1-15(24(33)34)10-16-6-7-21(35-5)20(11-16)29-23-18(13-28)19(25(2,26)27)12-22(30-23)32-9-8-17(14-32)31(3)4/h6-7,11-12,15,17H,8-10,14H2,1-5H3,(H,29,30)(H,33,34)/t15-,17-/m0/s1. The minimum Gasteiger partial charge on any atom is -0.481 e. The van der Waals surface area contributed by atoms with Crippen molar-refractivity contribution >= 4 is 35.1 Å². The summed E-state index contributed by atoms with van der Waals surface area (Å²) in [6, 6.07) is 9.02. The van der Waals surface area contributed by atoms with Gasteiger partial charge in [0.1, 0.15) is 17.5 Å². The Morgan fingerprint density at radius 1 is 1.43 bits per heavy atom. The molecular weight excluding hydrogens is 472 g/mol. The number of nitrogens with zero attached hydrogens (tertiary/aromatic N) is 4. The molecule has 1 fully saturated rings. The number of aliphatic carboxylic acids is 1. The third-order valence-corrected chi connectivity index (χ3v) is 7.08. The van der Waals surface area contributed by atoms with Gasteiger partial charge >= 0.3 is 5.97 Å². The van der Waals surface area contributed by atoms with Gasteiger partial charge in [0.15, 0.2) is 5.82 Å². The number of carboxylic acids is 1. The SMILES string of the molecule is CSc1ccc(C[C@H](C)C(=O)O)cc1Nc1nc(N2CC[C@H](N(C)C)C2)cc(C(C)(F)F)c1C#N. The molecule has 10 heteroatoms. The molecule has 0 amide bonds. The highest BCUT2D eigenvalue weighted by Gasteiger charge is 2.33. The van der Waals surface area contributed by atoms with Crippen LogP contribution >= 0.6 is 11.8 Å². The molecule has 1 aliphatic heterocycles. The fraction of sp³-hybridized carbons (Fsp3) is 0.480. The monoisotopic (exact) mass is 503 g/mol. The Hall–Kier alpha value is -2.90. The molecule has 188 valence electrons. The largest absolute Gasteiger partial charge is 0.481 e. The van der Waals surface area contributed by atoms with Gasteiger partial charge in [0, 0.05) is 36.5 Å². The van der Waals surface area contributed by atoms with Crippen LogP contribution in [0.2, 0.25) is 0 Å². The molecule has 2 atom stereocenters. The zero-order chi connectivity index (χ0) is 25.9. The van der Waals surface area contributed by atoms with Gasteiger partial charge in [-0.2, -0.15) is 5.26 Å². The molecule has 7 nitrogen and oxygen atoms in total. The molecule has 0 unspecified atom stereocenters. The maximum atomic E-state index is 14.6. The lowest BCUT2D eigenvalue weighted by Crippen LogP contribution is -2.32. The summed E-state index contributed by atoms with van der Waals surface area (Å²) in [5, 5.41) is 22.2. The van der Waals surface area contributed by atoms with Gasteiger partial charge in [-0.1, -0.05) is 13.0 Å². The molecule has 1 aromatic heterocycles. The highest BCUT2D eigenvalue weighted by Crippen LogP contribution is 2.38. The van der Waals surface area contributed by atoms with E-state index in [1.165, 1.54) is 17.8 Å². The van der Waals surface area contributed by atoms with Gasteiger partial charge in [-0.3, -0.25) is 4.79 Å². The van der Waals surface area contributed by atoms with Crippen LogP contribution in [-0.4, -0.2) is 60.4 Å². The summed E-state index contributed by atoms with van der Waals surface area (Å²) < 4.78 is 29.3. The quantitative estimate of drug-likeness (QED) is 0.465. The average molecular weight is 504 g/mol. The Morgan fingerprint density at radius 2 is 2.14 bits per heavy atom. The van der Waals surface area contributed by atoms with Crippen molar-refractivity contribution in [1.29, 1.82) is 5.26 Å². The number of benzene rings is 1. The zero-order valence-corrected chi connectivity index (χ0v) is 21.4. The number of pyridine rings is 1. The summed E-state index contributed by atoms with van der Waals surface area (Å²) in [5.41, 5.74) is 0.791. The number of alkyl halides is 2. The van der Waals surface area contributed by atoms with E-state index in [4.69, 9.17) is 0 Å². The van der Waals surface area contributed by atoms with Crippen LogP contribution in [0.4, 0.5) is 26.1 Å². The molecule has 35 heavy (non-hydrogen) atoms. The van der Waals surface area contributed by atoms with Gasteiger partial charge in [-0.15, -0.1) is 11.8 Å². The van der Waals surface area contributed by atoms with E-state index in [9.17, 15) is 23.9 Å². The van der Waals surface area contributed by atoms with Gasteiger partial charge in [0.25, 0.3) is 5.92 Å². The highest BCUT2D eigenvalue weighted by molar-refractivity contribution is 7.98. The molecule has 0 spiro atoms. The van der Waals surface area contributed by atoms with E-state index in [2.05, 4.69) is 15.2 Å². The Bertz CT molecular complexity index is 1130. The maximum Gasteiger partial charge on any atom is 0.306 e. The van der Waals surface area contributed by atoms with Crippen molar-refractivity contribution in [3.05, 3.63) is 41.0 Å². The number of thioether (sulfide) groups is 1. The highest BCUT2D eigenvalue weighted by atomic mass is 32.2. The predicted molar refractivity (Wildman–Crippen MR) is 135 cm³/mol. The second-order valence-corrected chi connectivity index (χ2v) is 10.1. The van der Waals surface area contributed by atoms with Crippen molar-refractivity contribution in [2.75, 3.05) is 43.7 Å². The first-order valence-electron chi connectivity index (χ1n) is 11.4. The Labute approximate surface area is 209 Å². The summed E-state index contributed by atoms with van der Waals surface area (Å²) in [5.74, 6) is -4.25. The minimum atomic E-state index is -3.24. The average Bonchev–Trinajstić information content (AvgIpc) is 3.29. The molecule has 2 heterocycles. The topological polar surface area (TPSA) is 92.5 Å². The zero-order valence-electron chi connectivity index (χ0n) is 20.6. The molecule has 1 aromatic carbocycles. The molecule has 3 rings (SSSR count). The molecule has 0 radical (unpaired) electrons. The number of hydrogen-bond donors (Lipinski definition) is 2. The van der Waals surface area contributed by atoms with E-state index in [0.717, 1.165) is 23.8 Å². The van der Waals surface area contributed by atoms with Gasteiger partial charge in [-0.05, 0) is 57.0 Å². The van der Waals surface area contributed by atoms with Crippen molar-refractivity contribution < 1.29 is 18.7 Å². The number of rotatable bonds is 9. The van der Waals surface area contributed by atoms with E-state index >= 15 is 0 Å². The maximum absolute atomic E-state index is 14.6. The third-order valence-electron chi connectivity index (χ3n) is 6.29. The lowest BCUT2D eigenvalue weighted by molar-refractivity contribution is -0.141. The Balaban J connectivity index is 2.07. The van der Waals surface area contributed by atoms with Crippen molar-refractivity contribution in [1.82, 2.24) is 9.88 Å². The predicted octanol–water partition coefficient (Wildman–Crippen LogP) is 4.93. The normalized spacial score (nSPS) is 16.9. The number of anilines is 3. The molecule has 1 saturated heterocycles. The van der Waals surface area contributed by atoms with E-state index in [-0.39, 0.29) is 23.0 Å². The van der Waals surface area contributed by atoms with Crippen LogP contribution in [0.25, 0.3) is 0 Å². The molecule has 0 saturated carbocycles. The van der Waals surface area contributed by atoms with Crippen LogP contribution in [-0.2, 0) is 17.1 Å². The van der Waals surface area contributed by atoms with Crippen molar-refractivity contribution in [3.63, 3.8) is 0 Å². The second-order valence-electron chi connectivity index (χ2n) is 9.21. The molecule has 0 aliphatic carbocycles. The van der Waals surface area contributed by atoms with Crippen molar-refractivity contribution in [3.8, 4) is 6.07 Å². The van der Waals surface area contributed by atoms with Crippen LogP contribution < -0.4 is 10.2 Å².